The molecule has 0 aromatic rings. The fourth-order valence-corrected chi connectivity index (χ4v) is 2.96. The summed E-state index contributed by atoms with van der Waals surface area (Å²) in [5.74, 6) is 1.95. The van der Waals surface area contributed by atoms with Gasteiger partial charge < -0.3 is 10.1 Å². The van der Waals surface area contributed by atoms with Crippen LogP contribution in [0.25, 0.3) is 0 Å². The Morgan fingerprint density at radius 2 is 2.00 bits per heavy atom. The summed E-state index contributed by atoms with van der Waals surface area (Å²) in [6.07, 6.45) is 2.43. The summed E-state index contributed by atoms with van der Waals surface area (Å²) in [5, 5.41) is 3.68. The van der Waals surface area contributed by atoms with Crippen LogP contribution in [0.5, 0.6) is 0 Å². The third-order valence-corrected chi connectivity index (χ3v) is 4.31. The molecule has 0 amide bonds. The van der Waals surface area contributed by atoms with Gasteiger partial charge in [0.2, 0.25) is 0 Å². The Labute approximate surface area is 130 Å². The molecule has 0 saturated carbocycles. The van der Waals surface area contributed by atoms with Gasteiger partial charge in [-0.2, -0.15) is 0 Å². The maximum atomic E-state index is 11.7. The van der Waals surface area contributed by atoms with E-state index in [1.807, 2.05) is 6.92 Å². The quantitative estimate of drug-likeness (QED) is 0.699. The Balaban J connectivity index is 2.49. The number of ether oxygens (including phenoxy) is 1. The molecule has 4 heteroatoms. The highest BCUT2D eigenvalue weighted by Crippen LogP contribution is 2.24. The number of carbonyl (C=O) groups excluding carboxylic acids is 1. The third-order valence-electron chi connectivity index (χ3n) is 4.31. The lowest BCUT2D eigenvalue weighted by Crippen LogP contribution is -2.51. The molecule has 0 aromatic heterocycles. The first-order chi connectivity index (χ1) is 9.92. The molecule has 21 heavy (non-hydrogen) atoms. The number of rotatable bonds is 8. The van der Waals surface area contributed by atoms with Crippen molar-refractivity contribution in [2.24, 2.45) is 17.8 Å². The minimum Gasteiger partial charge on any atom is -0.465 e. The predicted octanol–water partition coefficient (Wildman–Crippen LogP) is 2.53. The van der Waals surface area contributed by atoms with E-state index < -0.39 is 0 Å². The van der Waals surface area contributed by atoms with Crippen molar-refractivity contribution < 1.29 is 9.53 Å². The van der Waals surface area contributed by atoms with Gasteiger partial charge in [0.25, 0.3) is 0 Å². The summed E-state index contributed by atoms with van der Waals surface area (Å²) >= 11 is 0. The van der Waals surface area contributed by atoms with Gasteiger partial charge in [0.1, 0.15) is 0 Å². The highest BCUT2D eigenvalue weighted by atomic mass is 16.5. The van der Waals surface area contributed by atoms with Gasteiger partial charge in [0.05, 0.1) is 13.2 Å². The highest BCUT2D eigenvalue weighted by Gasteiger charge is 2.29. The van der Waals surface area contributed by atoms with Gasteiger partial charge in [-0.15, -0.1) is 0 Å². The van der Waals surface area contributed by atoms with Crippen molar-refractivity contribution in [3.63, 3.8) is 0 Å². The smallest absolute Gasteiger partial charge is 0.320 e. The molecule has 1 fully saturated rings. The molecule has 2 unspecified atom stereocenters. The highest BCUT2D eigenvalue weighted by molar-refractivity contribution is 5.71. The molecule has 0 aromatic carbocycles. The van der Waals surface area contributed by atoms with Crippen molar-refractivity contribution in [1.29, 1.82) is 0 Å². The lowest BCUT2D eigenvalue weighted by Gasteiger charge is -2.39. The van der Waals surface area contributed by atoms with E-state index in [1.165, 1.54) is 12.8 Å². The number of nitrogens with zero attached hydrogens (tertiary/aromatic N) is 1. The lowest BCUT2D eigenvalue weighted by atomic mass is 9.85. The van der Waals surface area contributed by atoms with E-state index in [0.29, 0.717) is 31.0 Å². The lowest BCUT2D eigenvalue weighted by molar-refractivity contribution is -0.145. The standard InChI is InChI=1S/C17H34N2O2/c1-6-21-17(20)12-19-10-15(14(4)5)9-16(11-19)18-8-7-13(2)3/h13-16,18H,6-12H2,1-5H3. The number of nitrogens with one attached hydrogen (secondary N) is 1. The van der Waals surface area contributed by atoms with E-state index >= 15 is 0 Å². The van der Waals surface area contributed by atoms with E-state index in [4.69, 9.17) is 4.74 Å². The molecule has 1 rings (SSSR count). The third kappa shape index (κ3) is 7.28. The Morgan fingerprint density at radius 3 is 2.57 bits per heavy atom. The van der Waals surface area contributed by atoms with Crippen molar-refractivity contribution >= 4 is 5.97 Å². The topological polar surface area (TPSA) is 41.6 Å². The van der Waals surface area contributed by atoms with Crippen LogP contribution in [-0.2, 0) is 9.53 Å². The molecule has 4 nitrogen and oxygen atoms in total. The Bertz CT molecular complexity index is 305. The molecule has 124 valence electrons. The van der Waals surface area contributed by atoms with Crippen LogP contribution in [-0.4, -0.2) is 49.7 Å². The second kappa shape index (κ2) is 9.42. The largest absolute Gasteiger partial charge is 0.465 e. The Morgan fingerprint density at radius 1 is 1.29 bits per heavy atom. The number of likely N-dealkylation sites (tertiary alicyclic amines) is 1. The summed E-state index contributed by atoms with van der Waals surface area (Å²) in [7, 11) is 0. The average molecular weight is 298 g/mol. The van der Waals surface area contributed by atoms with Crippen LogP contribution < -0.4 is 5.32 Å². The maximum absolute atomic E-state index is 11.7. The molecule has 0 aliphatic carbocycles. The fraction of sp³-hybridized carbons (Fsp3) is 0.941. The first kappa shape index (κ1) is 18.4. The molecule has 1 heterocycles. The van der Waals surface area contributed by atoms with Crippen LogP contribution in [0.15, 0.2) is 0 Å². The molecule has 1 N–H and O–H groups in total. The van der Waals surface area contributed by atoms with Crippen LogP contribution in [0.4, 0.5) is 0 Å². The van der Waals surface area contributed by atoms with Crippen LogP contribution in [0.1, 0.15) is 47.5 Å². The summed E-state index contributed by atoms with van der Waals surface area (Å²) in [4.78, 5) is 14.0. The summed E-state index contributed by atoms with van der Waals surface area (Å²) in [6.45, 7) is 14.9. The molecule has 0 bridgehead atoms. The molecule has 1 aliphatic rings. The van der Waals surface area contributed by atoms with Crippen molar-refractivity contribution in [2.45, 2.75) is 53.5 Å². The van der Waals surface area contributed by atoms with Crippen molar-refractivity contribution in [3.8, 4) is 0 Å². The summed E-state index contributed by atoms with van der Waals surface area (Å²) < 4.78 is 5.09. The number of carbonyl (C=O) groups is 1. The zero-order valence-electron chi connectivity index (χ0n) is 14.5. The first-order valence-corrected chi connectivity index (χ1v) is 8.53. The molecular weight excluding hydrogens is 264 g/mol. The van der Waals surface area contributed by atoms with Gasteiger partial charge in [-0.05, 0) is 44.1 Å². The summed E-state index contributed by atoms with van der Waals surface area (Å²) in [5.41, 5.74) is 0. The zero-order chi connectivity index (χ0) is 15.8. The molecular formula is C17H34N2O2. The van der Waals surface area contributed by atoms with Gasteiger partial charge in [-0.3, -0.25) is 9.69 Å². The van der Waals surface area contributed by atoms with Crippen LogP contribution >= 0.6 is 0 Å². The first-order valence-electron chi connectivity index (χ1n) is 8.53. The van der Waals surface area contributed by atoms with Gasteiger partial charge in [0, 0.05) is 19.1 Å². The minimum absolute atomic E-state index is 0.0946. The van der Waals surface area contributed by atoms with E-state index in [0.717, 1.165) is 25.6 Å². The van der Waals surface area contributed by atoms with Gasteiger partial charge >= 0.3 is 5.97 Å². The number of esters is 1. The van der Waals surface area contributed by atoms with Gasteiger partial charge in [-0.25, -0.2) is 0 Å². The Hall–Kier alpha value is -0.610. The molecule has 1 aliphatic heterocycles. The number of piperidine rings is 1. The molecule has 2 atom stereocenters. The minimum atomic E-state index is -0.0946. The second-order valence-corrected chi connectivity index (χ2v) is 7.07. The maximum Gasteiger partial charge on any atom is 0.320 e. The SMILES string of the molecule is CCOC(=O)CN1CC(NCCC(C)C)CC(C(C)C)C1. The summed E-state index contributed by atoms with van der Waals surface area (Å²) in [6, 6.07) is 0.499. The van der Waals surface area contributed by atoms with E-state index in [9.17, 15) is 4.79 Å². The average Bonchev–Trinajstić information content (AvgIpc) is 2.38. The zero-order valence-corrected chi connectivity index (χ0v) is 14.5. The normalized spacial score (nSPS) is 23.8. The van der Waals surface area contributed by atoms with Crippen molar-refractivity contribution in [2.75, 3.05) is 32.8 Å². The van der Waals surface area contributed by atoms with E-state index in [-0.39, 0.29) is 5.97 Å². The van der Waals surface area contributed by atoms with Gasteiger partial charge in [0.15, 0.2) is 0 Å². The Kier molecular flexibility index (Phi) is 8.27. The predicted molar refractivity (Wildman–Crippen MR) is 87.3 cm³/mol. The molecule has 0 spiro atoms. The van der Waals surface area contributed by atoms with Crippen molar-refractivity contribution in [1.82, 2.24) is 10.2 Å². The van der Waals surface area contributed by atoms with E-state index in [2.05, 4.69) is 37.9 Å². The number of hydrogen-bond acceptors (Lipinski definition) is 4. The molecule has 1 saturated heterocycles. The fourth-order valence-electron chi connectivity index (χ4n) is 2.96. The van der Waals surface area contributed by atoms with Crippen LogP contribution in [0.3, 0.4) is 0 Å². The second-order valence-electron chi connectivity index (χ2n) is 7.07. The van der Waals surface area contributed by atoms with Crippen molar-refractivity contribution in [3.05, 3.63) is 0 Å². The number of hydrogen-bond donors (Lipinski definition) is 1. The van der Waals surface area contributed by atoms with Crippen LogP contribution in [0.2, 0.25) is 0 Å². The monoisotopic (exact) mass is 298 g/mol. The van der Waals surface area contributed by atoms with E-state index in [1.54, 1.807) is 0 Å². The molecule has 0 radical (unpaired) electrons. The van der Waals surface area contributed by atoms with Crippen LogP contribution in [0, 0.1) is 17.8 Å². The van der Waals surface area contributed by atoms with Gasteiger partial charge in [-0.1, -0.05) is 27.7 Å².